The van der Waals surface area contributed by atoms with Crippen LogP contribution in [-0.4, -0.2) is 44.3 Å². The summed E-state index contributed by atoms with van der Waals surface area (Å²) in [6.07, 6.45) is 0. The number of carbonyl (C=O) groups is 2. The first-order chi connectivity index (χ1) is 18.0. The SMILES string of the molecule is CC(C)CNC(=O)C(C)N(Cc1c(Cl)cccc1Cl)C(=O)CN(c1ccccc1)S(=O)(=O)c1ccccc1. The van der Waals surface area contributed by atoms with E-state index in [0.29, 0.717) is 27.8 Å². The Kier molecular flexibility index (Phi) is 10.2. The summed E-state index contributed by atoms with van der Waals surface area (Å²) in [4.78, 5) is 28.2. The van der Waals surface area contributed by atoms with E-state index in [0.717, 1.165) is 4.31 Å². The van der Waals surface area contributed by atoms with Gasteiger partial charge in [0.1, 0.15) is 12.6 Å². The van der Waals surface area contributed by atoms with E-state index < -0.39 is 28.5 Å². The second-order valence-corrected chi connectivity index (χ2v) is 11.9. The number of sulfonamides is 1. The number of para-hydroxylation sites is 1. The highest BCUT2D eigenvalue weighted by Crippen LogP contribution is 2.28. The fourth-order valence-corrected chi connectivity index (χ4v) is 5.68. The smallest absolute Gasteiger partial charge is 0.264 e. The maximum Gasteiger partial charge on any atom is 0.264 e. The van der Waals surface area contributed by atoms with Crippen molar-refractivity contribution >= 4 is 50.7 Å². The van der Waals surface area contributed by atoms with Crippen LogP contribution in [-0.2, 0) is 26.2 Å². The van der Waals surface area contributed by atoms with E-state index in [1.54, 1.807) is 73.7 Å². The maximum atomic E-state index is 13.9. The van der Waals surface area contributed by atoms with Crippen LogP contribution in [0.2, 0.25) is 10.0 Å². The molecule has 0 bridgehead atoms. The first-order valence-electron chi connectivity index (χ1n) is 12.1. The molecule has 0 aromatic heterocycles. The third kappa shape index (κ3) is 7.28. The van der Waals surface area contributed by atoms with Crippen molar-refractivity contribution in [2.45, 2.75) is 38.3 Å². The largest absolute Gasteiger partial charge is 0.354 e. The van der Waals surface area contributed by atoms with Crippen molar-refractivity contribution in [3.05, 3.63) is 94.5 Å². The average molecular weight is 577 g/mol. The van der Waals surface area contributed by atoms with Gasteiger partial charge in [-0.25, -0.2) is 8.42 Å². The van der Waals surface area contributed by atoms with Crippen LogP contribution in [0.1, 0.15) is 26.3 Å². The molecule has 0 aliphatic heterocycles. The number of hydrogen-bond acceptors (Lipinski definition) is 4. The van der Waals surface area contributed by atoms with E-state index in [1.165, 1.54) is 17.0 Å². The molecule has 202 valence electrons. The van der Waals surface area contributed by atoms with Gasteiger partial charge in [-0.3, -0.25) is 13.9 Å². The molecule has 1 unspecified atom stereocenters. The normalized spacial score (nSPS) is 12.2. The van der Waals surface area contributed by atoms with Gasteiger partial charge in [-0.15, -0.1) is 0 Å². The number of hydrogen-bond donors (Lipinski definition) is 1. The minimum Gasteiger partial charge on any atom is -0.354 e. The molecule has 7 nitrogen and oxygen atoms in total. The molecule has 3 rings (SSSR count). The fourth-order valence-electron chi connectivity index (χ4n) is 3.73. The molecule has 0 saturated carbocycles. The second-order valence-electron chi connectivity index (χ2n) is 9.20. The third-order valence-electron chi connectivity index (χ3n) is 5.90. The van der Waals surface area contributed by atoms with Gasteiger partial charge < -0.3 is 10.2 Å². The van der Waals surface area contributed by atoms with E-state index in [9.17, 15) is 18.0 Å². The van der Waals surface area contributed by atoms with E-state index in [-0.39, 0.29) is 23.3 Å². The summed E-state index contributed by atoms with van der Waals surface area (Å²) in [5.41, 5.74) is 0.780. The summed E-state index contributed by atoms with van der Waals surface area (Å²) >= 11 is 12.8. The standard InChI is InChI=1S/C28H31Cl2N3O4S/c1-20(2)17-31-28(35)21(3)32(18-24-25(29)15-10-16-26(24)30)27(34)19-33(22-11-6-4-7-12-22)38(36,37)23-13-8-5-9-14-23/h4-16,20-21H,17-19H2,1-3H3,(H,31,35). The monoisotopic (exact) mass is 575 g/mol. The second kappa shape index (κ2) is 13.1. The van der Waals surface area contributed by atoms with Crippen LogP contribution in [0.25, 0.3) is 0 Å². The number of nitrogens with one attached hydrogen (secondary N) is 1. The van der Waals surface area contributed by atoms with Crippen LogP contribution >= 0.6 is 23.2 Å². The summed E-state index contributed by atoms with van der Waals surface area (Å²) < 4.78 is 28.4. The van der Waals surface area contributed by atoms with Gasteiger partial charge >= 0.3 is 0 Å². The van der Waals surface area contributed by atoms with Crippen LogP contribution < -0.4 is 9.62 Å². The van der Waals surface area contributed by atoms with E-state index >= 15 is 0 Å². The lowest BCUT2D eigenvalue weighted by atomic mass is 10.1. The summed E-state index contributed by atoms with van der Waals surface area (Å²) in [6, 6.07) is 20.3. The Balaban J connectivity index is 2.01. The predicted octanol–water partition coefficient (Wildman–Crippen LogP) is 5.38. The van der Waals surface area contributed by atoms with Gasteiger partial charge in [0, 0.05) is 28.7 Å². The zero-order valence-corrected chi connectivity index (χ0v) is 23.8. The van der Waals surface area contributed by atoms with Crippen LogP contribution in [0.4, 0.5) is 5.69 Å². The van der Waals surface area contributed by atoms with E-state index in [2.05, 4.69) is 5.32 Å². The molecule has 0 saturated heterocycles. The van der Waals surface area contributed by atoms with E-state index in [1.807, 2.05) is 13.8 Å². The predicted molar refractivity (Wildman–Crippen MR) is 152 cm³/mol. The Hall–Kier alpha value is -3.07. The lowest BCUT2D eigenvalue weighted by Gasteiger charge is -2.32. The summed E-state index contributed by atoms with van der Waals surface area (Å²) in [5, 5.41) is 3.51. The van der Waals surface area contributed by atoms with Gasteiger partial charge in [-0.1, -0.05) is 79.5 Å². The van der Waals surface area contributed by atoms with Gasteiger partial charge in [0.05, 0.1) is 10.6 Å². The lowest BCUT2D eigenvalue weighted by Crippen LogP contribution is -2.51. The first-order valence-corrected chi connectivity index (χ1v) is 14.3. The Morgan fingerprint density at radius 3 is 1.95 bits per heavy atom. The van der Waals surface area contributed by atoms with Gasteiger partial charge in [0.15, 0.2) is 0 Å². The van der Waals surface area contributed by atoms with Crippen LogP contribution in [0.15, 0.2) is 83.8 Å². The number of nitrogens with zero attached hydrogens (tertiary/aromatic N) is 2. The highest BCUT2D eigenvalue weighted by atomic mass is 35.5. The zero-order chi connectivity index (χ0) is 27.9. The molecular formula is C28H31Cl2N3O4S. The Bertz CT molecular complexity index is 1330. The summed E-state index contributed by atoms with van der Waals surface area (Å²) in [5.74, 6) is -0.748. The number of carbonyl (C=O) groups excluding carboxylic acids is 2. The molecule has 1 N–H and O–H groups in total. The summed E-state index contributed by atoms with van der Waals surface area (Å²) in [7, 11) is -4.11. The Labute approximate surface area is 234 Å². The highest BCUT2D eigenvalue weighted by Gasteiger charge is 2.33. The summed E-state index contributed by atoms with van der Waals surface area (Å²) in [6.45, 7) is 5.33. The number of halogens is 2. The van der Waals surface area contributed by atoms with Gasteiger partial charge in [-0.05, 0) is 49.2 Å². The lowest BCUT2D eigenvalue weighted by molar-refractivity contribution is -0.139. The average Bonchev–Trinajstić information content (AvgIpc) is 2.90. The van der Waals surface area contributed by atoms with Crippen molar-refractivity contribution in [1.29, 1.82) is 0 Å². The van der Waals surface area contributed by atoms with Crippen molar-refractivity contribution in [2.75, 3.05) is 17.4 Å². The van der Waals surface area contributed by atoms with Crippen molar-refractivity contribution in [3.63, 3.8) is 0 Å². The minimum atomic E-state index is -4.11. The van der Waals surface area contributed by atoms with Gasteiger partial charge in [-0.2, -0.15) is 0 Å². The molecule has 0 aliphatic carbocycles. The molecule has 0 heterocycles. The molecule has 3 aromatic rings. The molecule has 0 fully saturated rings. The Morgan fingerprint density at radius 2 is 1.39 bits per heavy atom. The molecule has 0 aliphatic rings. The molecular weight excluding hydrogens is 545 g/mol. The van der Waals surface area contributed by atoms with Crippen LogP contribution in [0, 0.1) is 5.92 Å². The van der Waals surface area contributed by atoms with Crippen molar-refractivity contribution in [1.82, 2.24) is 10.2 Å². The van der Waals surface area contributed by atoms with Crippen molar-refractivity contribution in [2.24, 2.45) is 5.92 Å². The Morgan fingerprint density at radius 1 is 0.842 bits per heavy atom. The third-order valence-corrected chi connectivity index (χ3v) is 8.39. The topological polar surface area (TPSA) is 86.8 Å². The van der Waals surface area contributed by atoms with Gasteiger partial charge in [0.2, 0.25) is 11.8 Å². The molecule has 0 radical (unpaired) electrons. The minimum absolute atomic E-state index is 0.0417. The highest BCUT2D eigenvalue weighted by molar-refractivity contribution is 7.92. The first kappa shape index (κ1) is 29.5. The maximum absolute atomic E-state index is 13.9. The molecule has 0 spiro atoms. The molecule has 3 aromatic carbocycles. The van der Waals surface area contributed by atoms with Crippen molar-refractivity contribution in [3.8, 4) is 0 Å². The number of amides is 2. The van der Waals surface area contributed by atoms with Gasteiger partial charge in [0.25, 0.3) is 10.0 Å². The van der Waals surface area contributed by atoms with Crippen molar-refractivity contribution < 1.29 is 18.0 Å². The zero-order valence-electron chi connectivity index (χ0n) is 21.5. The van der Waals surface area contributed by atoms with Crippen LogP contribution in [0.3, 0.4) is 0 Å². The molecule has 1 atom stereocenters. The molecule has 38 heavy (non-hydrogen) atoms. The number of rotatable bonds is 11. The molecule has 2 amide bonds. The van der Waals surface area contributed by atoms with E-state index in [4.69, 9.17) is 23.2 Å². The number of benzene rings is 3. The number of anilines is 1. The molecule has 10 heteroatoms. The fraction of sp³-hybridized carbons (Fsp3) is 0.286. The van der Waals surface area contributed by atoms with Crippen LogP contribution in [0.5, 0.6) is 0 Å². The quantitative estimate of drug-likeness (QED) is 0.332.